The highest BCUT2D eigenvalue weighted by Crippen LogP contribution is 2.22. The number of hydrogen-bond acceptors (Lipinski definition) is 6. The molecule has 0 bridgehead atoms. The van der Waals surface area contributed by atoms with Crippen LogP contribution in [0.15, 0.2) is 39.5 Å². The number of thiophene rings is 1. The SMILES string of the molecule is CCc1sc(C(=O)NNC(=O)Cn2nc(-c3ccc(F)cc3)oc2=O)cc1C. The summed E-state index contributed by atoms with van der Waals surface area (Å²) in [7, 11) is 0. The molecule has 146 valence electrons. The number of benzene rings is 1. The van der Waals surface area contributed by atoms with Gasteiger partial charge in [0.15, 0.2) is 0 Å². The molecule has 0 atom stereocenters. The molecule has 0 saturated heterocycles. The Morgan fingerprint density at radius 2 is 1.96 bits per heavy atom. The van der Waals surface area contributed by atoms with Crippen molar-refractivity contribution >= 4 is 23.2 Å². The molecule has 0 aliphatic heterocycles. The van der Waals surface area contributed by atoms with Gasteiger partial charge in [0.05, 0.1) is 4.88 Å². The van der Waals surface area contributed by atoms with Crippen LogP contribution < -0.4 is 16.6 Å². The van der Waals surface area contributed by atoms with Gasteiger partial charge in [-0.1, -0.05) is 6.92 Å². The lowest BCUT2D eigenvalue weighted by Gasteiger charge is -2.05. The summed E-state index contributed by atoms with van der Waals surface area (Å²) in [6.07, 6.45) is 0.821. The largest absolute Gasteiger partial charge is 0.437 e. The monoisotopic (exact) mass is 404 g/mol. The van der Waals surface area contributed by atoms with Gasteiger partial charge in [0.1, 0.15) is 12.4 Å². The first kappa shape index (κ1) is 19.5. The number of nitrogens with one attached hydrogen (secondary N) is 2. The lowest BCUT2D eigenvalue weighted by molar-refractivity contribution is -0.122. The predicted molar refractivity (Wildman–Crippen MR) is 100 cm³/mol. The van der Waals surface area contributed by atoms with Crippen molar-refractivity contribution in [1.29, 1.82) is 0 Å². The molecular formula is C18H17FN4O4S. The second-order valence-electron chi connectivity index (χ2n) is 5.91. The molecule has 10 heteroatoms. The highest BCUT2D eigenvalue weighted by molar-refractivity contribution is 7.14. The molecule has 0 saturated carbocycles. The van der Waals surface area contributed by atoms with Gasteiger partial charge in [0.25, 0.3) is 11.8 Å². The zero-order valence-corrected chi connectivity index (χ0v) is 15.9. The first-order valence-electron chi connectivity index (χ1n) is 8.39. The van der Waals surface area contributed by atoms with Gasteiger partial charge < -0.3 is 4.42 Å². The van der Waals surface area contributed by atoms with Crippen molar-refractivity contribution in [3.63, 3.8) is 0 Å². The number of aromatic nitrogens is 2. The molecule has 3 rings (SSSR count). The summed E-state index contributed by atoms with van der Waals surface area (Å²) in [5.41, 5.74) is 5.96. The first-order chi connectivity index (χ1) is 13.4. The maximum atomic E-state index is 13.0. The predicted octanol–water partition coefficient (Wildman–Crippen LogP) is 2.04. The van der Waals surface area contributed by atoms with Gasteiger partial charge in [-0.05, 0) is 49.2 Å². The van der Waals surface area contributed by atoms with Crippen LogP contribution in [0.4, 0.5) is 4.39 Å². The van der Waals surface area contributed by atoms with Crippen LogP contribution in [0.5, 0.6) is 0 Å². The summed E-state index contributed by atoms with van der Waals surface area (Å²) in [4.78, 5) is 37.5. The maximum Gasteiger partial charge on any atom is 0.437 e. The van der Waals surface area contributed by atoms with Crippen molar-refractivity contribution in [2.24, 2.45) is 0 Å². The van der Waals surface area contributed by atoms with E-state index in [-0.39, 0.29) is 5.89 Å². The summed E-state index contributed by atoms with van der Waals surface area (Å²) >= 11 is 1.36. The summed E-state index contributed by atoms with van der Waals surface area (Å²) in [6, 6.07) is 6.96. The molecule has 3 aromatic rings. The van der Waals surface area contributed by atoms with E-state index in [1.807, 2.05) is 13.8 Å². The van der Waals surface area contributed by atoms with E-state index in [9.17, 15) is 18.8 Å². The van der Waals surface area contributed by atoms with E-state index in [1.165, 1.54) is 35.6 Å². The molecule has 0 aliphatic carbocycles. The fourth-order valence-electron chi connectivity index (χ4n) is 2.46. The van der Waals surface area contributed by atoms with E-state index in [4.69, 9.17) is 4.42 Å². The average Bonchev–Trinajstić information content (AvgIpc) is 3.23. The molecule has 1 aromatic carbocycles. The summed E-state index contributed by atoms with van der Waals surface area (Å²) in [6.45, 7) is 3.46. The Morgan fingerprint density at radius 1 is 1.25 bits per heavy atom. The van der Waals surface area contributed by atoms with Gasteiger partial charge in [0.2, 0.25) is 5.89 Å². The first-order valence-corrected chi connectivity index (χ1v) is 9.21. The smallest absolute Gasteiger partial charge is 0.388 e. The summed E-state index contributed by atoms with van der Waals surface area (Å²) in [5, 5.41) is 3.90. The van der Waals surface area contributed by atoms with Crippen molar-refractivity contribution in [2.75, 3.05) is 0 Å². The zero-order valence-electron chi connectivity index (χ0n) is 15.1. The van der Waals surface area contributed by atoms with Gasteiger partial charge in [-0.3, -0.25) is 20.4 Å². The zero-order chi connectivity index (χ0) is 20.3. The number of rotatable bonds is 5. The summed E-state index contributed by atoms with van der Waals surface area (Å²) in [5.74, 6) is -2.42. The van der Waals surface area contributed by atoms with Crippen molar-refractivity contribution in [1.82, 2.24) is 20.6 Å². The number of carbonyl (C=O) groups excluding carboxylic acids is 2. The van der Waals surface area contributed by atoms with E-state index in [0.29, 0.717) is 10.4 Å². The van der Waals surface area contributed by atoms with Crippen molar-refractivity contribution in [2.45, 2.75) is 26.8 Å². The Bertz CT molecular complexity index is 1070. The van der Waals surface area contributed by atoms with Crippen LogP contribution in [0.3, 0.4) is 0 Å². The van der Waals surface area contributed by atoms with Gasteiger partial charge in [-0.15, -0.1) is 16.4 Å². The van der Waals surface area contributed by atoms with Gasteiger partial charge in [0, 0.05) is 10.4 Å². The number of hydrogen-bond donors (Lipinski definition) is 2. The fraction of sp³-hybridized carbons (Fsp3) is 0.222. The van der Waals surface area contributed by atoms with Crippen LogP contribution in [-0.4, -0.2) is 21.6 Å². The van der Waals surface area contributed by atoms with Crippen LogP contribution >= 0.6 is 11.3 Å². The molecule has 0 aliphatic rings. The molecule has 0 radical (unpaired) electrons. The molecule has 0 fully saturated rings. The molecule has 2 aromatic heterocycles. The van der Waals surface area contributed by atoms with Crippen LogP contribution in [0.1, 0.15) is 27.0 Å². The number of carbonyl (C=O) groups is 2. The lowest BCUT2D eigenvalue weighted by Crippen LogP contribution is -2.43. The van der Waals surface area contributed by atoms with E-state index in [1.54, 1.807) is 6.07 Å². The highest BCUT2D eigenvalue weighted by Gasteiger charge is 2.15. The van der Waals surface area contributed by atoms with Crippen LogP contribution in [0.25, 0.3) is 11.5 Å². The molecule has 0 spiro atoms. The minimum atomic E-state index is -0.845. The number of halogens is 1. The van der Waals surface area contributed by atoms with E-state index < -0.39 is 29.9 Å². The van der Waals surface area contributed by atoms with Gasteiger partial charge in [-0.25, -0.2) is 9.18 Å². The molecule has 2 heterocycles. The van der Waals surface area contributed by atoms with E-state index >= 15 is 0 Å². The second kappa shape index (κ2) is 8.17. The van der Waals surface area contributed by atoms with E-state index in [0.717, 1.165) is 21.5 Å². The molecule has 2 N–H and O–H groups in total. The van der Waals surface area contributed by atoms with Crippen LogP contribution in [0, 0.1) is 12.7 Å². The third-order valence-electron chi connectivity index (χ3n) is 3.87. The quantitative estimate of drug-likeness (QED) is 0.633. The van der Waals surface area contributed by atoms with Crippen LogP contribution in [-0.2, 0) is 17.8 Å². The summed E-state index contributed by atoms with van der Waals surface area (Å²) < 4.78 is 18.8. The number of nitrogens with zero attached hydrogens (tertiary/aromatic N) is 2. The standard InChI is InChI=1S/C18H17FN4O4S/c1-3-13-10(2)8-14(28-13)16(25)21-20-15(24)9-23-18(26)27-17(22-23)11-4-6-12(19)7-5-11/h4-8H,3,9H2,1-2H3,(H,20,24)(H,21,25). The normalized spacial score (nSPS) is 10.7. The topological polar surface area (TPSA) is 106 Å². The fourth-order valence-corrected chi connectivity index (χ4v) is 3.47. The van der Waals surface area contributed by atoms with Crippen molar-refractivity contribution in [3.05, 3.63) is 62.0 Å². The number of aryl methyl sites for hydroxylation is 2. The maximum absolute atomic E-state index is 13.0. The van der Waals surface area contributed by atoms with E-state index in [2.05, 4.69) is 16.0 Å². The second-order valence-corrected chi connectivity index (χ2v) is 7.05. The van der Waals surface area contributed by atoms with Gasteiger partial charge in [-0.2, -0.15) is 4.68 Å². The Kier molecular flexibility index (Phi) is 5.69. The average molecular weight is 404 g/mol. The Hall–Kier alpha value is -3.27. The number of hydrazine groups is 1. The Balaban J connectivity index is 1.61. The third-order valence-corrected chi connectivity index (χ3v) is 5.25. The highest BCUT2D eigenvalue weighted by atomic mass is 32.1. The Labute approximate surface area is 163 Å². The minimum Gasteiger partial charge on any atom is -0.388 e. The molecule has 28 heavy (non-hydrogen) atoms. The van der Waals surface area contributed by atoms with Crippen LogP contribution in [0.2, 0.25) is 0 Å². The molecule has 2 amide bonds. The number of amides is 2. The lowest BCUT2D eigenvalue weighted by atomic mass is 10.2. The molecular weight excluding hydrogens is 387 g/mol. The third kappa shape index (κ3) is 4.34. The van der Waals surface area contributed by atoms with Gasteiger partial charge >= 0.3 is 5.76 Å². The molecule has 8 nitrogen and oxygen atoms in total. The minimum absolute atomic E-state index is 0.0389. The van der Waals surface area contributed by atoms with Crippen molar-refractivity contribution < 1.29 is 18.4 Å². The van der Waals surface area contributed by atoms with Crippen molar-refractivity contribution in [3.8, 4) is 11.5 Å². The molecule has 0 unspecified atom stereocenters. The Morgan fingerprint density at radius 3 is 2.61 bits per heavy atom.